The summed E-state index contributed by atoms with van der Waals surface area (Å²) in [5, 5.41) is 21.5. The number of nitro groups is 1. The molecule has 218 valence electrons. The number of non-ortho nitro benzene ring substituents is 1. The van der Waals surface area contributed by atoms with Crippen LogP contribution in [0.2, 0.25) is 0 Å². The zero-order valence-electron chi connectivity index (χ0n) is 21.8. The van der Waals surface area contributed by atoms with Crippen LogP contribution in [0.4, 0.5) is 11.4 Å². The van der Waals surface area contributed by atoms with E-state index in [2.05, 4.69) is 15.9 Å². The number of alkyl halides is 3. The summed E-state index contributed by atoms with van der Waals surface area (Å²) in [7, 11) is 1.38. The van der Waals surface area contributed by atoms with Crippen LogP contribution in [0.25, 0.3) is 0 Å². The van der Waals surface area contributed by atoms with Crippen LogP contribution in [0.3, 0.4) is 0 Å². The fourth-order valence-electron chi connectivity index (χ4n) is 7.04. The Bertz CT molecular complexity index is 1630. The molecular formula is C28H22BrCl2N3O8. The summed E-state index contributed by atoms with van der Waals surface area (Å²) in [4.78, 5) is 63.9. The van der Waals surface area contributed by atoms with Crippen molar-refractivity contribution in [3.05, 3.63) is 69.8 Å². The van der Waals surface area contributed by atoms with Crippen molar-refractivity contribution in [1.29, 1.82) is 0 Å². The maximum absolute atomic E-state index is 14.0. The van der Waals surface area contributed by atoms with E-state index in [9.17, 15) is 34.4 Å². The third-order valence-corrected chi connectivity index (χ3v) is 10.8. The summed E-state index contributed by atoms with van der Waals surface area (Å²) in [6, 6.07) is 9.52. The Kier molecular flexibility index (Phi) is 6.67. The molecule has 4 amide bonds. The zero-order valence-corrected chi connectivity index (χ0v) is 24.9. The quantitative estimate of drug-likeness (QED) is 0.123. The first-order chi connectivity index (χ1) is 19.9. The van der Waals surface area contributed by atoms with Crippen LogP contribution in [0.15, 0.2) is 54.1 Å². The van der Waals surface area contributed by atoms with E-state index in [0.29, 0.717) is 11.1 Å². The number of nitrogens with zero attached hydrogens (tertiary/aromatic N) is 3. The number of aromatic hydroxyl groups is 1. The van der Waals surface area contributed by atoms with Crippen molar-refractivity contribution in [3.63, 3.8) is 0 Å². The maximum atomic E-state index is 14.0. The van der Waals surface area contributed by atoms with Crippen molar-refractivity contribution >= 4 is 74.1 Å². The van der Waals surface area contributed by atoms with Gasteiger partial charge in [-0.3, -0.25) is 34.2 Å². The lowest BCUT2D eigenvalue weighted by molar-refractivity contribution is -0.384. The predicted molar refractivity (Wildman–Crippen MR) is 154 cm³/mol. The number of imide groups is 2. The van der Waals surface area contributed by atoms with Gasteiger partial charge in [0.15, 0.2) is 9.75 Å². The highest BCUT2D eigenvalue weighted by Crippen LogP contribution is 2.66. The molecule has 1 N–H and O–H groups in total. The molecule has 42 heavy (non-hydrogen) atoms. The van der Waals surface area contributed by atoms with Gasteiger partial charge < -0.3 is 9.84 Å². The van der Waals surface area contributed by atoms with Crippen LogP contribution in [0.1, 0.15) is 24.3 Å². The number of anilines is 1. The number of phenols is 1. The topological polar surface area (TPSA) is 147 Å². The molecule has 2 aromatic carbocycles. The van der Waals surface area contributed by atoms with Crippen molar-refractivity contribution in [2.75, 3.05) is 17.5 Å². The van der Waals surface area contributed by atoms with Gasteiger partial charge in [0.05, 0.1) is 35.0 Å². The molecule has 2 aromatic rings. The van der Waals surface area contributed by atoms with E-state index in [0.717, 1.165) is 15.9 Å². The van der Waals surface area contributed by atoms with E-state index in [1.807, 2.05) is 0 Å². The molecule has 2 saturated heterocycles. The van der Waals surface area contributed by atoms with Crippen molar-refractivity contribution < 1.29 is 33.9 Å². The Hall–Kier alpha value is -3.48. The van der Waals surface area contributed by atoms with Gasteiger partial charge in [-0.05, 0) is 30.9 Å². The van der Waals surface area contributed by atoms with Gasteiger partial charge in [0, 0.05) is 29.7 Å². The predicted octanol–water partition coefficient (Wildman–Crippen LogP) is 4.22. The monoisotopic (exact) mass is 677 g/mol. The minimum Gasteiger partial charge on any atom is -0.508 e. The second kappa shape index (κ2) is 9.78. The second-order valence-electron chi connectivity index (χ2n) is 10.7. The summed E-state index contributed by atoms with van der Waals surface area (Å²) in [5.74, 6) is -6.15. The van der Waals surface area contributed by atoms with Crippen LogP contribution in [0, 0.1) is 27.9 Å². The molecule has 4 aliphatic rings. The Morgan fingerprint density at radius 2 is 1.83 bits per heavy atom. The van der Waals surface area contributed by atoms with Gasteiger partial charge in [0.2, 0.25) is 11.8 Å². The van der Waals surface area contributed by atoms with Crippen LogP contribution in [0.5, 0.6) is 11.5 Å². The molecule has 0 radical (unpaired) electrons. The van der Waals surface area contributed by atoms with Gasteiger partial charge in [-0.2, -0.15) is 0 Å². The van der Waals surface area contributed by atoms with Crippen LogP contribution >= 0.6 is 39.1 Å². The minimum absolute atomic E-state index is 0.0626. The average molecular weight is 679 g/mol. The normalized spacial score (nSPS) is 32.0. The number of carbonyl (C=O) groups is 4. The Balaban J connectivity index is 1.52. The Morgan fingerprint density at radius 3 is 2.50 bits per heavy atom. The highest BCUT2D eigenvalue weighted by molar-refractivity contribution is 9.09. The summed E-state index contributed by atoms with van der Waals surface area (Å²) in [6.45, 7) is 0. The number of hydrogen-bond acceptors (Lipinski definition) is 8. The Labute approximate surface area is 257 Å². The van der Waals surface area contributed by atoms with Crippen molar-refractivity contribution in [2.24, 2.45) is 17.8 Å². The minimum atomic E-state index is -2.02. The van der Waals surface area contributed by atoms with Crippen LogP contribution < -0.4 is 9.64 Å². The van der Waals surface area contributed by atoms with Gasteiger partial charge in [-0.25, -0.2) is 4.90 Å². The number of amides is 4. The summed E-state index contributed by atoms with van der Waals surface area (Å²) in [5.41, 5.74) is 0.532. The van der Waals surface area contributed by atoms with E-state index in [4.69, 9.17) is 27.9 Å². The molecule has 6 unspecified atom stereocenters. The molecule has 1 saturated carbocycles. The highest BCUT2D eigenvalue weighted by atomic mass is 79.9. The number of halogens is 3. The van der Waals surface area contributed by atoms with Gasteiger partial charge in [-0.15, -0.1) is 23.2 Å². The lowest BCUT2D eigenvalue weighted by Crippen LogP contribution is -2.60. The third-order valence-electron chi connectivity index (χ3n) is 8.84. The molecule has 2 aliphatic carbocycles. The second-order valence-corrected chi connectivity index (χ2v) is 12.4. The first-order valence-electron chi connectivity index (χ1n) is 12.9. The molecule has 0 bridgehead atoms. The molecule has 14 heteroatoms. The average Bonchev–Trinajstić information content (AvgIpc) is 3.31. The lowest BCUT2D eigenvalue weighted by Gasteiger charge is -2.50. The third kappa shape index (κ3) is 3.64. The number of ether oxygens (including phenoxy) is 1. The molecular weight excluding hydrogens is 657 g/mol. The fourth-order valence-corrected chi connectivity index (χ4v) is 8.45. The number of likely N-dealkylation sites (tertiary alicyclic amines) is 1. The smallest absolute Gasteiger partial charge is 0.271 e. The number of allylic oxidation sites excluding steroid dienone is 2. The molecule has 0 aromatic heterocycles. The van der Waals surface area contributed by atoms with Crippen molar-refractivity contribution in [2.45, 2.75) is 28.5 Å². The van der Waals surface area contributed by atoms with Gasteiger partial charge in [0.25, 0.3) is 17.5 Å². The fraction of sp³-hybridized carbons (Fsp3) is 0.357. The maximum Gasteiger partial charge on any atom is 0.271 e. The largest absolute Gasteiger partial charge is 0.508 e. The number of benzene rings is 2. The molecule has 6 rings (SSSR count). The standard InChI is InChI=1S/C28H22BrCl2N3O8/c1-42-20-10-15(35)5-6-17(20)22-16-7-8-18-21(19(16)11-27(30)25(38)32(12-29)26(39)28(22,27)31)24(37)33(23(18)36)13-3-2-4-14(9-13)34(40)41/h2-7,9-10,18-19,21-22,35H,8,11-12H2,1H3. The first kappa shape index (κ1) is 28.6. The molecule has 11 nitrogen and oxygen atoms in total. The SMILES string of the molecule is COc1cc(O)ccc1C1C2=CCC3C(=O)N(c4cccc([N+](=O)[O-])c4)C(=O)C3C2CC2(Cl)C(=O)N(CBr)C(=O)C12Cl. The van der Waals surface area contributed by atoms with E-state index < -0.39 is 62.0 Å². The molecule has 2 heterocycles. The van der Waals surface area contributed by atoms with E-state index in [1.54, 1.807) is 6.08 Å². The van der Waals surface area contributed by atoms with Gasteiger partial charge >= 0.3 is 0 Å². The number of rotatable bonds is 5. The van der Waals surface area contributed by atoms with E-state index >= 15 is 0 Å². The Morgan fingerprint density at radius 1 is 1.10 bits per heavy atom. The van der Waals surface area contributed by atoms with Crippen LogP contribution in [-0.2, 0) is 19.2 Å². The highest BCUT2D eigenvalue weighted by Gasteiger charge is 2.76. The first-order valence-corrected chi connectivity index (χ1v) is 14.8. The number of methoxy groups -OCH3 is 1. The molecule has 6 atom stereocenters. The summed E-state index contributed by atoms with van der Waals surface area (Å²) in [6.07, 6.45) is 1.67. The number of nitro benzene ring substituents is 1. The van der Waals surface area contributed by atoms with Gasteiger partial charge in [-0.1, -0.05) is 39.7 Å². The van der Waals surface area contributed by atoms with E-state index in [1.165, 1.54) is 43.5 Å². The van der Waals surface area contributed by atoms with Crippen LogP contribution in [-0.4, -0.2) is 60.9 Å². The zero-order chi connectivity index (χ0) is 30.3. The molecule has 3 fully saturated rings. The number of phenolic OH excluding ortho intramolecular Hbond substituents is 1. The number of fused-ring (bicyclic) bond motifs is 4. The summed E-state index contributed by atoms with van der Waals surface area (Å²) >= 11 is 17.6. The molecule has 0 spiro atoms. The van der Waals surface area contributed by atoms with Crippen molar-refractivity contribution in [1.82, 2.24) is 4.90 Å². The molecule has 2 aliphatic heterocycles. The van der Waals surface area contributed by atoms with Crippen molar-refractivity contribution in [3.8, 4) is 11.5 Å². The number of carbonyl (C=O) groups excluding carboxylic acids is 4. The number of hydrogen-bond donors (Lipinski definition) is 1. The van der Waals surface area contributed by atoms with Gasteiger partial charge in [0.1, 0.15) is 11.5 Å². The van der Waals surface area contributed by atoms with E-state index in [-0.39, 0.29) is 41.2 Å². The summed E-state index contributed by atoms with van der Waals surface area (Å²) < 4.78 is 5.54. The lowest BCUT2D eigenvalue weighted by atomic mass is 9.56.